The van der Waals surface area contributed by atoms with Gasteiger partial charge in [0.2, 0.25) is 0 Å². The molecule has 0 aliphatic heterocycles. The lowest BCUT2D eigenvalue weighted by molar-refractivity contribution is 0.293. The number of nitrogens with one attached hydrogen (secondary N) is 1. The van der Waals surface area contributed by atoms with Crippen LogP contribution in [0.1, 0.15) is 0 Å². The van der Waals surface area contributed by atoms with E-state index >= 15 is 0 Å². The molecule has 0 rings (SSSR count). The number of hydrogen-bond acceptors (Lipinski definition) is 3. The average molecular weight is 124 g/mol. The molecule has 0 saturated heterocycles. The molecule has 0 aromatic heterocycles. The van der Waals surface area contributed by atoms with E-state index in [1.54, 1.807) is 0 Å². The Morgan fingerprint density at radius 1 is 1.38 bits per heavy atom. The van der Waals surface area contributed by atoms with Gasteiger partial charge in [-0.25, -0.2) is 0 Å². The highest BCUT2D eigenvalue weighted by molar-refractivity contribution is 4.42. The highest BCUT2D eigenvalue weighted by Gasteiger charge is 1.77. The first-order valence-electron chi connectivity index (χ1n) is 2.43. The van der Waals surface area contributed by atoms with Gasteiger partial charge < -0.3 is 16.2 Å². The summed E-state index contributed by atoms with van der Waals surface area (Å²) in [5, 5.41) is 11.1. The van der Waals surface area contributed by atoms with Crippen molar-refractivity contribution in [3.8, 4) is 0 Å². The van der Waals surface area contributed by atoms with Gasteiger partial charge in [-0.15, -0.1) is 0 Å². The standard InChI is InChI=1S/C4H12N2O.FH/c5-1-2-6-3-4-7;/h6-7H,1-5H2;1H. The zero-order chi connectivity index (χ0) is 5.54. The van der Waals surface area contributed by atoms with Gasteiger partial charge in [0, 0.05) is 19.6 Å². The van der Waals surface area contributed by atoms with E-state index in [1.807, 2.05) is 0 Å². The van der Waals surface area contributed by atoms with Crippen molar-refractivity contribution in [2.75, 3.05) is 26.2 Å². The van der Waals surface area contributed by atoms with Gasteiger partial charge in [0.15, 0.2) is 0 Å². The number of aliphatic hydroxyl groups excluding tert-OH is 1. The summed E-state index contributed by atoms with van der Waals surface area (Å²) in [6.45, 7) is 2.28. The van der Waals surface area contributed by atoms with Crippen LogP contribution in [0.15, 0.2) is 0 Å². The van der Waals surface area contributed by atoms with Gasteiger partial charge in [-0.2, -0.15) is 0 Å². The van der Waals surface area contributed by atoms with Crippen LogP contribution < -0.4 is 11.1 Å². The Kier molecular flexibility index (Phi) is 13.3. The Hall–Kier alpha value is -0.190. The third-order valence-electron chi connectivity index (χ3n) is 0.610. The van der Waals surface area contributed by atoms with E-state index in [2.05, 4.69) is 5.32 Å². The van der Waals surface area contributed by atoms with Crippen molar-refractivity contribution in [1.82, 2.24) is 5.32 Å². The second kappa shape index (κ2) is 9.94. The minimum absolute atomic E-state index is 0. The second-order valence-corrected chi connectivity index (χ2v) is 1.26. The first-order chi connectivity index (χ1) is 3.41. The van der Waals surface area contributed by atoms with Crippen molar-refractivity contribution in [3.63, 3.8) is 0 Å². The molecule has 0 aromatic rings. The fraction of sp³-hybridized carbons (Fsp3) is 1.00. The van der Waals surface area contributed by atoms with E-state index in [4.69, 9.17) is 10.8 Å². The molecule has 4 N–H and O–H groups in total. The molecule has 0 fully saturated rings. The third kappa shape index (κ3) is 9.26. The Balaban J connectivity index is 0. The lowest BCUT2D eigenvalue weighted by Crippen LogP contribution is -2.24. The summed E-state index contributed by atoms with van der Waals surface area (Å²) in [6.07, 6.45) is 0. The molecule has 0 bridgehead atoms. The summed E-state index contributed by atoms with van der Waals surface area (Å²) in [4.78, 5) is 0. The van der Waals surface area contributed by atoms with Crippen LogP contribution in [0, 0.1) is 0 Å². The van der Waals surface area contributed by atoms with Crippen LogP contribution in [0.4, 0.5) is 4.70 Å². The Morgan fingerprint density at radius 3 is 2.38 bits per heavy atom. The van der Waals surface area contributed by atoms with Gasteiger partial charge in [-0.05, 0) is 0 Å². The minimum Gasteiger partial charge on any atom is -0.395 e. The minimum atomic E-state index is 0. The van der Waals surface area contributed by atoms with E-state index < -0.39 is 0 Å². The lowest BCUT2D eigenvalue weighted by atomic mass is 10.6. The summed E-state index contributed by atoms with van der Waals surface area (Å²) < 4.78 is 0. The van der Waals surface area contributed by atoms with Crippen molar-refractivity contribution >= 4 is 0 Å². The van der Waals surface area contributed by atoms with Crippen LogP contribution in [-0.2, 0) is 0 Å². The monoisotopic (exact) mass is 124 g/mol. The molecule has 0 aliphatic carbocycles. The van der Waals surface area contributed by atoms with Gasteiger partial charge >= 0.3 is 0 Å². The molecule has 0 amide bonds. The van der Waals surface area contributed by atoms with E-state index in [0.717, 1.165) is 6.54 Å². The molecule has 3 nitrogen and oxygen atoms in total. The first kappa shape index (κ1) is 10.7. The highest BCUT2D eigenvalue weighted by Crippen LogP contribution is 1.51. The summed E-state index contributed by atoms with van der Waals surface area (Å²) in [5.41, 5.74) is 5.13. The molecule has 0 radical (unpaired) electrons. The van der Waals surface area contributed by atoms with Crippen molar-refractivity contribution < 1.29 is 9.81 Å². The van der Waals surface area contributed by atoms with E-state index in [1.165, 1.54) is 0 Å². The lowest BCUT2D eigenvalue weighted by Gasteiger charge is -1.95. The molecule has 0 aliphatic rings. The van der Waals surface area contributed by atoms with E-state index in [-0.39, 0.29) is 11.3 Å². The molecule has 4 heteroatoms. The maximum absolute atomic E-state index is 8.19. The van der Waals surface area contributed by atoms with Crippen molar-refractivity contribution in [2.24, 2.45) is 5.73 Å². The highest BCUT2D eigenvalue weighted by atomic mass is 19.0. The topological polar surface area (TPSA) is 58.3 Å². The first-order valence-corrected chi connectivity index (χ1v) is 2.43. The van der Waals surface area contributed by atoms with Crippen LogP contribution in [0.25, 0.3) is 0 Å². The van der Waals surface area contributed by atoms with Gasteiger partial charge in [-0.1, -0.05) is 0 Å². The van der Waals surface area contributed by atoms with Crippen LogP contribution in [0.3, 0.4) is 0 Å². The van der Waals surface area contributed by atoms with Gasteiger partial charge in [0.05, 0.1) is 6.61 Å². The van der Waals surface area contributed by atoms with Crippen LogP contribution in [0.5, 0.6) is 0 Å². The predicted molar refractivity (Wildman–Crippen MR) is 31.5 cm³/mol. The SMILES string of the molecule is F.NCCNCCO. The molecule has 52 valence electrons. The van der Waals surface area contributed by atoms with Crippen LogP contribution in [-0.4, -0.2) is 31.3 Å². The van der Waals surface area contributed by atoms with Crippen molar-refractivity contribution in [3.05, 3.63) is 0 Å². The number of nitrogens with two attached hydrogens (primary N) is 1. The molecule has 0 unspecified atom stereocenters. The fourth-order valence-corrected chi connectivity index (χ4v) is 0.306. The Labute approximate surface area is 48.2 Å². The summed E-state index contributed by atoms with van der Waals surface area (Å²) >= 11 is 0. The zero-order valence-electron chi connectivity index (χ0n) is 4.76. The quantitative estimate of drug-likeness (QED) is 0.407. The van der Waals surface area contributed by atoms with E-state index in [0.29, 0.717) is 13.1 Å². The fourth-order valence-electron chi connectivity index (χ4n) is 0.306. The molecule has 0 saturated carbocycles. The zero-order valence-corrected chi connectivity index (χ0v) is 4.76. The van der Waals surface area contributed by atoms with Gasteiger partial charge in [0.1, 0.15) is 0 Å². The van der Waals surface area contributed by atoms with Gasteiger partial charge in [0.25, 0.3) is 0 Å². The summed E-state index contributed by atoms with van der Waals surface area (Å²) in [6, 6.07) is 0. The third-order valence-corrected chi connectivity index (χ3v) is 0.610. The molecule has 0 aromatic carbocycles. The number of rotatable bonds is 4. The maximum atomic E-state index is 8.19. The van der Waals surface area contributed by atoms with Gasteiger partial charge in [-0.3, -0.25) is 4.70 Å². The molecule has 8 heavy (non-hydrogen) atoms. The summed E-state index contributed by atoms with van der Waals surface area (Å²) in [7, 11) is 0. The maximum Gasteiger partial charge on any atom is 0.0555 e. The van der Waals surface area contributed by atoms with Crippen LogP contribution >= 0.6 is 0 Å². The van der Waals surface area contributed by atoms with E-state index in [9.17, 15) is 0 Å². The number of aliphatic hydroxyl groups is 1. The molecule has 0 spiro atoms. The van der Waals surface area contributed by atoms with Crippen molar-refractivity contribution in [1.29, 1.82) is 0 Å². The number of halogens is 1. The molecule has 0 atom stereocenters. The predicted octanol–water partition coefficient (Wildman–Crippen LogP) is -1.32. The molecule has 0 heterocycles. The van der Waals surface area contributed by atoms with Crippen LogP contribution in [0.2, 0.25) is 0 Å². The second-order valence-electron chi connectivity index (χ2n) is 1.26. The molecular formula is C4H13FN2O. The van der Waals surface area contributed by atoms with Crippen molar-refractivity contribution in [2.45, 2.75) is 0 Å². The normalized spacial score (nSPS) is 8.25. The average Bonchev–Trinajstić information content (AvgIpc) is 1.69. The summed E-state index contributed by atoms with van der Waals surface area (Å²) in [5.74, 6) is 0. The number of hydrogen-bond donors (Lipinski definition) is 3. The smallest absolute Gasteiger partial charge is 0.0555 e. The largest absolute Gasteiger partial charge is 0.395 e. The Morgan fingerprint density at radius 2 is 2.00 bits per heavy atom. The molecular weight excluding hydrogens is 111 g/mol. The Bertz CT molecular complexity index is 33.2.